The third-order valence-electron chi connectivity index (χ3n) is 4.11. The van der Waals surface area contributed by atoms with Crippen LogP contribution in [0, 0.1) is 5.92 Å². The Kier molecular flexibility index (Phi) is 6.25. The molecule has 1 aromatic rings. The zero-order chi connectivity index (χ0) is 18.6. The highest BCUT2D eigenvalue weighted by atomic mass is 16.5. The predicted molar refractivity (Wildman–Crippen MR) is 98.2 cm³/mol. The maximum atomic E-state index is 12.7. The number of hydrogen-bond donors (Lipinski definition) is 3. The van der Waals surface area contributed by atoms with Gasteiger partial charge in [-0.3, -0.25) is 4.79 Å². The molecule has 0 aromatic heterocycles. The highest BCUT2D eigenvalue weighted by molar-refractivity contribution is 5.99. The summed E-state index contributed by atoms with van der Waals surface area (Å²) in [6, 6.07) is 4.88. The zero-order valence-electron chi connectivity index (χ0n) is 15.6. The van der Waals surface area contributed by atoms with Gasteiger partial charge in [0.25, 0.3) is 5.91 Å². The van der Waals surface area contributed by atoms with E-state index in [4.69, 9.17) is 4.74 Å². The van der Waals surface area contributed by atoms with Crippen LogP contribution in [0.5, 0.6) is 5.75 Å². The fraction of sp³-hybridized carbons (Fsp3) is 0.556. The summed E-state index contributed by atoms with van der Waals surface area (Å²) < 4.78 is 6.09. The van der Waals surface area contributed by atoms with Crippen LogP contribution in [0.15, 0.2) is 18.2 Å². The molecule has 0 saturated heterocycles. The van der Waals surface area contributed by atoms with Gasteiger partial charge in [0.1, 0.15) is 11.9 Å². The summed E-state index contributed by atoms with van der Waals surface area (Å²) in [6.07, 6.45) is -0.0395. The molecule has 0 spiro atoms. The molecule has 1 aliphatic heterocycles. The van der Waals surface area contributed by atoms with Crippen LogP contribution in [-0.4, -0.2) is 56.2 Å². The van der Waals surface area contributed by atoms with Crippen molar-refractivity contribution >= 4 is 17.6 Å². The quantitative estimate of drug-likeness (QED) is 0.776. The van der Waals surface area contributed by atoms with Gasteiger partial charge in [-0.05, 0) is 39.1 Å². The molecule has 7 heteroatoms. The van der Waals surface area contributed by atoms with Crippen LogP contribution in [0.4, 0.5) is 10.5 Å². The number of amides is 3. The van der Waals surface area contributed by atoms with Crippen LogP contribution in [0.1, 0.15) is 31.1 Å². The number of benzene rings is 1. The number of likely N-dealkylation sites (N-methyl/N-ethyl adjacent to an activating group) is 1. The first-order valence-corrected chi connectivity index (χ1v) is 8.60. The minimum absolute atomic E-state index is 0.0317. The van der Waals surface area contributed by atoms with E-state index in [2.05, 4.69) is 22.9 Å². The summed E-state index contributed by atoms with van der Waals surface area (Å²) in [5, 5.41) is 8.64. The van der Waals surface area contributed by atoms with Crippen molar-refractivity contribution in [2.45, 2.75) is 32.9 Å². The second-order valence-corrected chi connectivity index (χ2v) is 6.84. The molecule has 3 N–H and O–H groups in total. The van der Waals surface area contributed by atoms with Crippen molar-refractivity contribution in [2.75, 3.05) is 32.5 Å². The maximum absolute atomic E-state index is 12.7. The topological polar surface area (TPSA) is 82.7 Å². The van der Waals surface area contributed by atoms with E-state index in [9.17, 15) is 9.59 Å². The number of hydrogen-bond acceptors (Lipinski definition) is 4. The van der Waals surface area contributed by atoms with E-state index in [-0.39, 0.29) is 30.0 Å². The van der Waals surface area contributed by atoms with E-state index >= 15 is 0 Å². The summed E-state index contributed by atoms with van der Waals surface area (Å²) in [5.74, 6) is 0.625. The van der Waals surface area contributed by atoms with E-state index in [1.165, 1.54) is 0 Å². The molecule has 1 aliphatic rings. The first-order chi connectivity index (χ1) is 11.8. The molecule has 2 rings (SSSR count). The van der Waals surface area contributed by atoms with Gasteiger partial charge in [0.2, 0.25) is 0 Å². The molecular formula is C18H28N4O3. The summed E-state index contributed by atoms with van der Waals surface area (Å²) in [6.45, 7) is 7.14. The van der Waals surface area contributed by atoms with E-state index in [0.717, 1.165) is 0 Å². The SMILES string of the molecule is CNC[C@H]1Oc2ccc(NC(=O)NC(C)C)cc2C(=O)N(C)C[C@H]1C. The fourth-order valence-corrected chi connectivity index (χ4v) is 2.87. The smallest absolute Gasteiger partial charge is 0.319 e. The summed E-state index contributed by atoms with van der Waals surface area (Å²) >= 11 is 0. The lowest BCUT2D eigenvalue weighted by Crippen LogP contribution is -2.44. The van der Waals surface area contributed by atoms with E-state index in [1.807, 2.05) is 20.9 Å². The molecule has 2 atom stereocenters. The van der Waals surface area contributed by atoms with Crippen LogP contribution >= 0.6 is 0 Å². The third kappa shape index (κ3) is 4.85. The van der Waals surface area contributed by atoms with Crippen molar-refractivity contribution in [2.24, 2.45) is 5.92 Å². The van der Waals surface area contributed by atoms with Crippen LogP contribution in [-0.2, 0) is 0 Å². The van der Waals surface area contributed by atoms with Crippen molar-refractivity contribution < 1.29 is 14.3 Å². The third-order valence-corrected chi connectivity index (χ3v) is 4.11. The highest BCUT2D eigenvalue weighted by Gasteiger charge is 2.28. The molecule has 1 heterocycles. The van der Waals surface area contributed by atoms with Crippen LogP contribution in [0.2, 0.25) is 0 Å². The number of fused-ring (bicyclic) bond motifs is 1. The first kappa shape index (κ1) is 19.1. The Balaban J connectivity index is 2.29. The van der Waals surface area contributed by atoms with Gasteiger partial charge in [0.05, 0.1) is 5.56 Å². The van der Waals surface area contributed by atoms with Crippen LogP contribution in [0.25, 0.3) is 0 Å². The van der Waals surface area contributed by atoms with Crippen molar-refractivity contribution in [3.63, 3.8) is 0 Å². The van der Waals surface area contributed by atoms with Crippen molar-refractivity contribution in [3.05, 3.63) is 23.8 Å². The lowest BCUT2D eigenvalue weighted by atomic mass is 10.0. The Morgan fingerprint density at radius 1 is 1.40 bits per heavy atom. The number of anilines is 1. The van der Waals surface area contributed by atoms with Gasteiger partial charge in [-0.15, -0.1) is 0 Å². The number of carbonyl (C=O) groups excluding carboxylic acids is 2. The minimum Gasteiger partial charge on any atom is -0.488 e. The summed E-state index contributed by atoms with van der Waals surface area (Å²) in [4.78, 5) is 26.3. The molecule has 0 aliphatic carbocycles. The highest BCUT2D eigenvalue weighted by Crippen LogP contribution is 2.29. The Morgan fingerprint density at radius 2 is 2.12 bits per heavy atom. The average molecular weight is 348 g/mol. The Bertz CT molecular complexity index is 633. The number of ether oxygens (including phenoxy) is 1. The molecular weight excluding hydrogens is 320 g/mol. The minimum atomic E-state index is -0.302. The number of carbonyl (C=O) groups is 2. The van der Waals surface area contributed by atoms with Gasteiger partial charge >= 0.3 is 6.03 Å². The molecule has 0 radical (unpaired) electrons. The maximum Gasteiger partial charge on any atom is 0.319 e. The van der Waals surface area contributed by atoms with E-state index < -0.39 is 0 Å². The number of rotatable bonds is 4. The fourth-order valence-electron chi connectivity index (χ4n) is 2.87. The molecule has 0 saturated carbocycles. The molecule has 1 aromatic carbocycles. The zero-order valence-corrected chi connectivity index (χ0v) is 15.6. The average Bonchev–Trinajstić information content (AvgIpc) is 2.53. The number of nitrogens with one attached hydrogen (secondary N) is 3. The molecule has 138 valence electrons. The van der Waals surface area contributed by atoms with Crippen molar-refractivity contribution in [1.29, 1.82) is 0 Å². The van der Waals surface area contributed by atoms with E-state index in [1.54, 1.807) is 30.1 Å². The predicted octanol–water partition coefficient (Wildman–Crippen LogP) is 1.90. The van der Waals surface area contributed by atoms with Crippen LogP contribution in [0.3, 0.4) is 0 Å². The first-order valence-electron chi connectivity index (χ1n) is 8.60. The summed E-state index contributed by atoms with van der Waals surface area (Å²) in [7, 11) is 3.67. The number of urea groups is 1. The Hall–Kier alpha value is -2.28. The molecule has 0 bridgehead atoms. The Morgan fingerprint density at radius 3 is 2.76 bits per heavy atom. The number of nitrogens with zero attached hydrogens (tertiary/aromatic N) is 1. The van der Waals surface area contributed by atoms with Gasteiger partial charge in [-0.1, -0.05) is 6.92 Å². The van der Waals surface area contributed by atoms with Gasteiger partial charge < -0.3 is 25.6 Å². The lowest BCUT2D eigenvalue weighted by molar-refractivity contribution is 0.0637. The molecule has 25 heavy (non-hydrogen) atoms. The van der Waals surface area contributed by atoms with Crippen LogP contribution < -0.4 is 20.7 Å². The second-order valence-electron chi connectivity index (χ2n) is 6.84. The second kappa shape index (κ2) is 8.20. The van der Waals surface area contributed by atoms with Crippen molar-refractivity contribution in [1.82, 2.24) is 15.5 Å². The molecule has 0 fully saturated rings. The standard InChI is InChI=1S/C18H28N4O3/c1-11(2)20-18(24)21-13-6-7-15-14(8-13)17(23)22(5)10-12(3)16(25-15)9-19-4/h6-8,11-12,16,19H,9-10H2,1-5H3,(H2,20,21,24)/t12-,16-/m1/s1. The molecule has 7 nitrogen and oxygen atoms in total. The molecule has 0 unspecified atom stereocenters. The van der Waals surface area contributed by atoms with Crippen molar-refractivity contribution in [3.8, 4) is 5.75 Å². The lowest BCUT2D eigenvalue weighted by Gasteiger charge is -2.32. The van der Waals surface area contributed by atoms with Gasteiger partial charge in [-0.2, -0.15) is 0 Å². The Labute approximate surface area is 149 Å². The van der Waals surface area contributed by atoms with Gasteiger partial charge in [0, 0.05) is 37.8 Å². The summed E-state index contributed by atoms with van der Waals surface area (Å²) in [5.41, 5.74) is 1.01. The normalized spacial score (nSPS) is 20.4. The monoisotopic (exact) mass is 348 g/mol. The van der Waals surface area contributed by atoms with Gasteiger partial charge in [0.15, 0.2) is 0 Å². The van der Waals surface area contributed by atoms with E-state index in [0.29, 0.717) is 30.1 Å². The van der Waals surface area contributed by atoms with Gasteiger partial charge in [-0.25, -0.2) is 4.79 Å². The molecule has 3 amide bonds. The largest absolute Gasteiger partial charge is 0.488 e.